The van der Waals surface area contributed by atoms with Crippen LogP contribution in [0.4, 0.5) is 5.69 Å². The van der Waals surface area contributed by atoms with Crippen LogP contribution in [0.2, 0.25) is 0 Å². The molecule has 0 amide bonds. The smallest absolute Gasteiger partial charge is 0.206 e. The topological polar surface area (TPSA) is 33.6 Å². The van der Waals surface area contributed by atoms with Crippen LogP contribution < -0.4 is 9.46 Å². The molecule has 2 rings (SSSR count). The van der Waals surface area contributed by atoms with Crippen LogP contribution >= 0.6 is 23.5 Å². The molecule has 1 aliphatic heterocycles. The molecule has 0 radical (unpaired) electrons. The van der Waals surface area contributed by atoms with Gasteiger partial charge in [0.1, 0.15) is 11.4 Å². The van der Waals surface area contributed by atoms with Crippen LogP contribution in [0.3, 0.4) is 0 Å². The van der Waals surface area contributed by atoms with Gasteiger partial charge in [-0.25, -0.2) is 4.99 Å². The highest BCUT2D eigenvalue weighted by Gasteiger charge is 2.14. The normalized spacial score (nSPS) is 14.2. The van der Waals surface area contributed by atoms with Crippen molar-refractivity contribution in [2.75, 3.05) is 7.11 Å². The van der Waals surface area contributed by atoms with Gasteiger partial charge in [0.2, 0.25) is 5.29 Å². The number of nitrogens with one attached hydrogen (secondary N) is 1. The Morgan fingerprint density at radius 1 is 1.54 bits per heavy atom. The van der Waals surface area contributed by atoms with Gasteiger partial charge in [-0.15, -0.1) is 0 Å². The number of methoxy groups -OCH3 is 1. The number of nitrogens with zero attached hydrogens (tertiary/aromatic N) is 1. The second-order valence-corrected chi connectivity index (χ2v) is 3.62. The summed E-state index contributed by atoms with van der Waals surface area (Å²) in [7, 11) is 1.62. The number of hydrogen-bond acceptors (Lipinski definition) is 4. The van der Waals surface area contributed by atoms with Gasteiger partial charge in [0, 0.05) is 0 Å². The fourth-order valence-corrected chi connectivity index (χ4v) is 1.91. The second-order valence-electron chi connectivity index (χ2n) is 2.41. The lowest BCUT2D eigenvalue weighted by Gasteiger charge is -2.14. The molecule has 13 heavy (non-hydrogen) atoms. The molecule has 1 N–H and O–H groups in total. The van der Waals surface area contributed by atoms with Crippen molar-refractivity contribution in [1.29, 1.82) is 0 Å². The third-order valence-electron chi connectivity index (χ3n) is 1.64. The number of halogens is 1. The van der Waals surface area contributed by atoms with Crippen molar-refractivity contribution < 1.29 is 4.74 Å². The van der Waals surface area contributed by atoms with E-state index in [9.17, 15) is 0 Å². The minimum absolute atomic E-state index is 0.377. The molecule has 0 fully saturated rings. The minimum Gasteiger partial charge on any atom is -0.494 e. The number of aliphatic imine (C=N–C) groups is 1. The third-order valence-corrected chi connectivity index (χ3v) is 2.77. The average Bonchev–Trinajstić information content (AvgIpc) is 2.17. The second kappa shape index (κ2) is 3.47. The van der Waals surface area contributed by atoms with Crippen molar-refractivity contribution in [1.82, 2.24) is 4.72 Å². The fourth-order valence-electron chi connectivity index (χ4n) is 1.08. The quantitative estimate of drug-likeness (QED) is 0.576. The summed E-state index contributed by atoms with van der Waals surface area (Å²) in [6.45, 7) is 0. The molecule has 0 bridgehead atoms. The zero-order chi connectivity index (χ0) is 9.26. The van der Waals surface area contributed by atoms with Gasteiger partial charge in [-0.3, -0.25) is 0 Å². The molecule has 1 heterocycles. The first-order valence-corrected chi connectivity index (χ1v) is 4.85. The highest BCUT2D eigenvalue weighted by molar-refractivity contribution is 7.98. The molecule has 1 aromatic carbocycles. The lowest BCUT2D eigenvalue weighted by Crippen LogP contribution is -2.11. The Balaban J connectivity index is 2.55. The number of benzene rings is 1. The lowest BCUT2D eigenvalue weighted by atomic mass is 10.3. The van der Waals surface area contributed by atoms with Crippen molar-refractivity contribution in [2.24, 2.45) is 4.99 Å². The number of ether oxygens (including phenoxy) is 1. The predicted molar refractivity (Wildman–Crippen MR) is 54.9 cm³/mol. The standard InChI is InChI=1S/C8H7ClN2OS/c1-12-5-3-2-4-6-7(5)10-8(9)11-13-6/h2-4H,1H3,(H,10,11). The third kappa shape index (κ3) is 1.59. The van der Waals surface area contributed by atoms with Crippen molar-refractivity contribution in [3.05, 3.63) is 18.2 Å². The lowest BCUT2D eigenvalue weighted by molar-refractivity contribution is 0.415. The summed E-state index contributed by atoms with van der Waals surface area (Å²) in [5.74, 6) is 0.740. The number of rotatable bonds is 1. The molecule has 3 nitrogen and oxygen atoms in total. The Morgan fingerprint density at radius 3 is 3.15 bits per heavy atom. The SMILES string of the molecule is COc1cccc2c1N=C(Cl)NS2. The fraction of sp³-hybridized carbons (Fsp3) is 0.125. The van der Waals surface area contributed by atoms with Gasteiger partial charge in [0.15, 0.2) is 0 Å². The van der Waals surface area contributed by atoms with Crippen LogP contribution in [0.1, 0.15) is 0 Å². The van der Waals surface area contributed by atoms with Gasteiger partial charge in [0.05, 0.1) is 12.0 Å². The number of hydrogen-bond donors (Lipinski definition) is 1. The van der Waals surface area contributed by atoms with Crippen molar-refractivity contribution in [3.8, 4) is 5.75 Å². The molecule has 0 aromatic heterocycles. The van der Waals surface area contributed by atoms with E-state index in [4.69, 9.17) is 16.3 Å². The first-order chi connectivity index (χ1) is 6.31. The van der Waals surface area contributed by atoms with E-state index in [0.717, 1.165) is 16.3 Å². The van der Waals surface area contributed by atoms with Gasteiger partial charge in [0.25, 0.3) is 0 Å². The molecule has 0 spiro atoms. The van der Waals surface area contributed by atoms with Crippen molar-refractivity contribution >= 4 is 34.5 Å². The number of fused-ring (bicyclic) bond motifs is 1. The molecule has 0 aliphatic carbocycles. The van der Waals surface area contributed by atoms with Gasteiger partial charge >= 0.3 is 0 Å². The maximum absolute atomic E-state index is 5.74. The van der Waals surface area contributed by atoms with Crippen molar-refractivity contribution in [2.45, 2.75) is 4.90 Å². The number of para-hydroxylation sites is 1. The van der Waals surface area contributed by atoms with E-state index < -0.39 is 0 Å². The molecule has 68 valence electrons. The van der Waals surface area contributed by atoms with Crippen LogP contribution in [-0.4, -0.2) is 12.4 Å². The highest BCUT2D eigenvalue weighted by atomic mass is 35.5. The Bertz CT molecular complexity index is 367. The van der Waals surface area contributed by atoms with Gasteiger partial charge in [-0.1, -0.05) is 6.07 Å². The molecular weight excluding hydrogens is 208 g/mol. The van der Waals surface area contributed by atoms with Gasteiger partial charge in [-0.2, -0.15) is 0 Å². The summed E-state index contributed by atoms with van der Waals surface area (Å²) in [5, 5.41) is 0.377. The van der Waals surface area contributed by atoms with Crippen molar-refractivity contribution in [3.63, 3.8) is 0 Å². The maximum atomic E-state index is 5.74. The predicted octanol–water partition coefficient (Wildman–Crippen LogP) is 2.53. The largest absolute Gasteiger partial charge is 0.494 e. The van der Waals surface area contributed by atoms with Gasteiger partial charge in [-0.05, 0) is 35.7 Å². The van der Waals surface area contributed by atoms with E-state index in [0.29, 0.717) is 5.29 Å². The summed E-state index contributed by atoms with van der Waals surface area (Å²) in [5.41, 5.74) is 0.791. The monoisotopic (exact) mass is 214 g/mol. The van der Waals surface area contributed by atoms with Crippen LogP contribution in [0, 0.1) is 0 Å². The maximum Gasteiger partial charge on any atom is 0.206 e. The molecule has 1 aromatic rings. The Kier molecular flexibility index (Phi) is 2.33. The first kappa shape index (κ1) is 8.72. The van der Waals surface area contributed by atoms with Gasteiger partial charge < -0.3 is 9.46 Å². The molecular formula is C8H7ClN2OS. The summed E-state index contributed by atoms with van der Waals surface area (Å²) >= 11 is 7.17. The Morgan fingerprint density at radius 2 is 2.38 bits per heavy atom. The zero-order valence-corrected chi connectivity index (χ0v) is 8.45. The highest BCUT2D eigenvalue weighted by Crippen LogP contribution is 2.39. The molecule has 0 atom stereocenters. The van der Waals surface area contributed by atoms with E-state index in [1.807, 2.05) is 18.2 Å². The summed E-state index contributed by atoms with van der Waals surface area (Å²) in [4.78, 5) is 5.16. The molecule has 0 saturated heterocycles. The Labute approximate surface area is 85.3 Å². The first-order valence-electron chi connectivity index (χ1n) is 3.65. The molecule has 5 heteroatoms. The summed E-state index contributed by atoms with van der Waals surface area (Å²) in [6, 6.07) is 5.74. The van der Waals surface area contributed by atoms with E-state index in [-0.39, 0.29) is 0 Å². The van der Waals surface area contributed by atoms with Crippen LogP contribution in [-0.2, 0) is 0 Å². The molecule has 1 aliphatic rings. The number of amidine groups is 1. The van der Waals surface area contributed by atoms with E-state index in [2.05, 4.69) is 9.71 Å². The molecule has 0 unspecified atom stereocenters. The van der Waals surface area contributed by atoms with E-state index in [1.54, 1.807) is 7.11 Å². The average molecular weight is 215 g/mol. The summed E-state index contributed by atoms with van der Waals surface area (Å²) < 4.78 is 8.02. The van der Waals surface area contributed by atoms with E-state index >= 15 is 0 Å². The van der Waals surface area contributed by atoms with Crippen LogP contribution in [0.15, 0.2) is 28.1 Å². The Hall–Kier alpha value is -0.870. The molecule has 0 saturated carbocycles. The van der Waals surface area contributed by atoms with Crippen LogP contribution in [0.5, 0.6) is 5.75 Å². The minimum atomic E-state index is 0.377. The van der Waals surface area contributed by atoms with E-state index in [1.165, 1.54) is 11.9 Å². The zero-order valence-electron chi connectivity index (χ0n) is 6.87. The summed E-state index contributed by atoms with van der Waals surface area (Å²) in [6.07, 6.45) is 0. The van der Waals surface area contributed by atoms with Crippen LogP contribution in [0.25, 0.3) is 0 Å².